The molecule has 0 bridgehead atoms. The van der Waals surface area contributed by atoms with Crippen LogP contribution in [0.2, 0.25) is 0 Å². The quantitative estimate of drug-likeness (QED) is 0.722. The van der Waals surface area contributed by atoms with Crippen molar-refractivity contribution in [1.29, 1.82) is 0 Å². The van der Waals surface area contributed by atoms with Gasteiger partial charge in [0.1, 0.15) is 0 Å². The summed E-state index contributed by atoms with van der Waals surface area (Å²) in [5.74, 6) is 0. The van der Waals surface area contributed by atoms with Gasteiger partial charge in [0.2, 0.25) is 0 Å². The van der Waals surface area contributed by atoms with Gasteiger partial charge in [-0.15, -0.1) is 0 Å². The highest BCUT2D eigenvalue weighted by atomic mass is 14.8. The molecule has 0 saturated carbocycles. The van der Waals surface area contributed by atoms with Gasteiger partial charge in [-0.1, -0.05) is 24.6 Å². The summed E-state index contributed by atoms with van der Waals surface area (Å²) in [6.45, 7) is 10.9. The summed E-state index contributed by atoms with van der Waals surface area (Å²) in [7, 11) is 0. The Balaban J connectivity index is 2.75. The van der Waals surface area contributed by atoms with E-state index >= 15 is 0 Å². The maximum Gasteiger partial charge on any atom is -0.000827 e. The number of benzene rings is 1. The van der Waals surface area contributed by atoms with Gasteiger partial charge in [-0.2, -0.15) is 0 Å². The van der Waals surface area contributed by atoms with Crippen LogP contribution in [0.1, 0.15) is 29.2 Å². The molecule has 0 aromatic heterocycles. The lowest BCUT2D eigenvalue weighted by Crippen LogP contribution is -2.17. The van der Waals surface area contributed by atoms with E-state index in [9.17, 15) is 0 Å². The van der Waals surface area contributed by atoms with Gasteiger partial charge in [0.25, 0.3) is 0 Å². The van der Waals surface area contributed by atoms with Crippen molar-refractivity contribution in [2.75, 3.05) is 13.1 Å². The van der Waals surface area contributed by atoms with Crippen molar-refractivity contribution < 1.29 is 0 Å². The summed E-state index contributed by atoms with van der Waals surface area (Å²) >= 11 is 0. The molecule has 14 heavy (non-hydrogen) atoms. The van der Waals surface area contributed by atoms with Crippen molar-refractivity contribution in [2.45, 2.75) is 34.1 Å². The molecule has 0 aliphatic heterocycles. The van der Waals surface area contributed by atoms with Crippen LogP contribution in [0.5, 0.6) is 0 Å². The number of rotatable bonds is 4. The summed E-state index contributed by atoms with van der Waals surface area (Å²) in [5.41, 5.74) is 5.74. The maximum atomic E-state index is 3.37. The van der Waals surface area contributed by atoms with Crippen LogP contribution in [-0.4, -0.2) is 13.1 Å². The molecule has 0 spiro atoms. The molecule has 0 atom stereocenters. The van der Waals surface area contributed by atoms with Gasteiger partial charge in [-0.25, -0.2) is 0 Å². The lowest BCUT2D eigenvalue weighted by atomic mass is 9.97. The van der Waals surface area contributed by atoms with E-state index < -0.39 is 0 Å². The van der Waals surface area contributed by atoms with Crippen molar-refractivity contribution in [1.82, 2.24) is 5.32 Å². The third kappa shape index (κ3) is 2.85. The first-order valence-corrected chi connectivity index (χ1v) is 5.42. The Bertz CT molecular complexity index is 279. The van der Waals surface area contributed by atoms with Crippen molar-refractivity contribution in [3.8, 4) is 0 Å². The Labute approximate surface area is 87.5 Å². The topological polar surface area (TPSA) is 12.0 Å². The van der Waals surface area contributed by atoms with Crippen LogP contribution in [0, 0.1) is 20.8 Å². The van der Waals surface area contributed by atoms with Gasteiger partial charge in [0.05, 0.1) is 0 Å². The van der Waals surface area contributed by atoms with E-state index in [0.29, 0.717) is 0 Å². The number of likely N-dealkylation sites (N-methyl/N-ethyl adjacent to an activating group) is 1. The molecule has 1 heteroatoms. The standard InChI is InChI=1S/C13H21N/c1-5-14-7-6-13-11(3)8-10(2)9-12(13)4/h8-9,14H,5-7H2,1-4H3. The van der Waals surface area contributed by atoms with Gasteiger partial charge in [-0.05, 0) is 57.0 Å². The number of nitrogens with one attached hydrogen (secondary N) is 1. The van der Waals surface area contributed by atoms with Crippen LogP contribution in [-0.2, 0) is 6.42 Å². The van der Waals surface area contributed by atoms with Crippen LogP contribution in [0.3, 0.4) is 0 Å². The van der Waals surface area contributed by atoms with Gasteiger partial charge >= 0.3 is 0 Å². The van der Waals surface area contributed by atoms with E-state index in [1.54, 1.807) is 0 Å². The second-order valence-electron chi connectivity index (χ2n) is 3.98. The number of aryl methyl sites for hydroxylation is 3. The second kappa shape index (κ2) is 5.16. The highest BCUT2D eigenvalue weighted by Gasteiger charge is 2.02. The molecule has 1 aromatic carbocycles. The zero-order chi connectivity index (χ0) is 10.6. The van der Waals surface area contributed by atoms with E-state index in [1.807, 2.05) is 0 Å². The Kier molecular flexibility index (Phi) is 4.15. The summed E-state index contributed by atoms with van der Waals surface area (Å²) in [6.07, 6.45) is 1.14. The minimum absolute atomic E-state index is 1.06. The highest BCUT2D eigenvalue weighted by molar-refractivity contribution is 5.37. The molecule has 78 valence electrons. The average Bonchev–Trinajstić information content (AvgIpc) is 2.09. The minimum Gasteiger partial charge on any atom is -0.317 e. The third-order valence-corrected chi connectivity index (χ3v) is 2.64. The first-order chi connectivity index (χ1) is 6.65. The van der Waals surface area contributed by atoms with E-state index in [2.05, 4.69) is 45.1 Å². The zero-order valence-electron chi connectivity index (χ0n) is 9.78. The third-order valence-electron chi connectivity index (χ3n) is 2.64. The smallest absolute Gasteiger partial charge is 0.000827 e. The predicted molar refractivity (Wildman–Crippen MR) is 62.9 cm³/mol. The first kappa shape index (κ1) is 11.3. The molecule has 0 amide bonds. The van der Waals surface area contributed by atoms with E-state index in [0.717, 1.165) is 19.5 Å². The fraction of sp³-hybridized carbons (Fsp3) is 0.538. The monoisotopic (exact) mass is 191 g/mol. The number of hydrogen-bond donors (Lipinski definition) is 1. The number of hydrogen-bond acceptors (Lipinski definition) is 1. The normalized spacial score (nSPS) is 10.6. The Morgan fingerprint density at radius 1 is 1.07 bits per heavy atom. The highest BCUT2D eigenvalue weighted by Crippen LogP contribution is 2.16. The first-order valence-electron chi connectivity index (χ1n) is 5.42. The van der Waals surface area contributed by atoms with E-state index in [4.69, 9.17) is 0 Å². The average molecular weight is 191 g/mol. The zero-order valence-corrected chi connectivity index (χ0v) is 9.78. The molecule has 0 unspecified atom stereocenters. The Morgan fingerprint density at radius 2 is 1.64 bits per heavy atom. The molecule has 0 aliphatic rings. The molecular formula is C13H21N. The van der Waals surface area contributed by atoms with Crippen molar-refractivity contribution in [3.05, 3.63) is 34.4 Å². The molecule has 1 nitrogen and oxygen atoms in total. The van der Waals surface area contributed by atoms with E-state index in [-0.39, 0.29) is 0 Å². The molecule has 1 rings (SSSR count). The molecular weight excluding hydrogens is 170 g/mol. The summed E-state index contributed by atoms with van der Waals surface area (Å²) in [5, 5.41) is 3.37. The summed E-state index contributed by atoms with van der Waals surface area (Å²) in [6, 6.07) is 4.54. The van der Waals surface area contributed by atoms with Crippen molar-refractivity contribution in [3.63, 3.8) is 0 Å². The lowest BCUT2D eigenvalue weighted by molar-refractivity contribution is 0.713. The van der Waals surface area contributed by atoms with Crippen LogP contribution >= 0.6 is 0 Å². The van der Waals surface area contributed by atoms with Crippen molar-refractivity contribution in [2.24, 2.45) is 0 Å². The molecule has 0 radical (unpaired) electrons. The molecule has 0 saturated heterocycles. The fourth-order valence-corrected chi connectivity index (χ4v) is 1.99. The Hall–Kier alpha value is -0.820. The molecule has 0 aliphatic carbocycles. The fourth-order valence-electron chi connectivity index (χ4n) is 1.99. The van der Waals surface area contributed by atoms with Crippen LogP contribution in [0.15, 0.2) is 12.1 Å². The van der Waals surface area contributed by atoms with Crippen LogP contribution < -0.4 is 5.32 Å². The van der Waals surface area contributed by atoms with Gasteiger partial charge < -0.3 is 5.32 Å². The van der Waals surface area contributed by atoms with Gasteiger partial charge in [0, 0.05) is 0 Å². The van der Waals surface area contributed by atoms with Gasteiger partial charge in [0.15, 0.2) is 0 Å². The van der Waals surface area contributed by atoms with E-state index in [1.165, 1.54) is 22.3 Å². The maximum absolute atomic E-state index is 3.37. The molecule has 0 fully saturated rings. The predicted octanol–water partition coefficient (Wildman–Crippen LogP) is 2.76. The molecule has 0 heterocycles. The largest absolute Gasteiger partial charge is 0.317 e. The minimum atomic E-state index is 1.06. The Morgan fingerprint density at radius 3 is 2.14 bits per heavy atom. The summed E-state index contributed by atoms with van der Waals surface area (Å²) < 4.78 is 0. The summed E-state index contributed by atoms with van der Waals surface area (Å²) in [4.78, 5) is 0. The lowest BCUT2D eigenvalue weighted by Gasteiger charge is -2.11. The SMILES string of the molecule is CCNCCc1c(C)cc(C)cc1C. The van der Waals surface area contributed by atoms with Crippen LogP contribution in [0.4, 0.5) is 0 Å². The van der Waals surface area contributed by atoms with Crippen LogP contribution in [0.25, 0.3) is 0 Å². The molecule has 1 N–H and O–H groups in total. The second-order valence-corrected chi connectivity index (χ2v) is 3.98. The molecule has 1 aromatic rings. The van der Waals surface area contributed by atoms with Crippen molar-refractivity contribution >= 4 is 0 Å². The van der Waals surface area contributed by atoms with Gasteiger partial charge in [-0.3, -0.25) is 0 Å².